The fraction of sp³-hybridized carbons (Fsp3) is 0.417. The molecule has 0 bridgehead atoms. The molecule has 0 spiro atoms. The van der Waals surface area contributed by atoms with E-state index < -0.39 is 0 Å². The molecule has 0 aliphatic heterocycles. The van der Waals surface area contributed by atoms with Crippen molar-refractivity contribution in [1.29, 1.82) is 0 Å². The molecule has 0 radical (unpaired) electrons. The lowest BCUT2D eigenvalue weighted by atomic mass is 10.2. The second-order valence-electron chi connectivity index (χ2n) is 3.87. The number of aryl methyl sites for hydroxylation is 1. The van der Waals surface area contributed by atoms with Gasteiger partial charge in [-0.15, -0.1) is 0 Å². The summed E-state index contributed by atoms with van der Waals surface area (Å²) in [5.41, 5.74) is 2.21. The zero-order valence-corrected chi connectivity index (χ0v) is 12.2. The minimum absolute atomic E-state index is 0.400. The maximum atomic E-state index is 5.22. The van der Waals surface area contributed by atoms with Gasteiger partial charge in [-0.25, -0.2) is 0 Å². The highest BCUT2D eigenvalue weighted by Gasteiger charge is 2.02. The zero-order valence-electron chi connectivity index (χ0n) is 9.80. The van der Waals surface area contributed by atoms with E-state index in [1.165, 1.54) is 5.56 Å². The van der Waals surface area contributed by atoms with E-state index in [2.05, 4.69) is 53.4 Å². The Hall–Kier alpha value is -0.610. The van der Waals surface area contributed by atoms with Crippen LogP contribution in [0.4, 0.5) is 5.69 Å². The van der Waals surface area contributed by atoms with Gasteiger partial charge in [0.1, 0.15) is 0 Å². The molecule has 0 amide bonds. The number of anilines is 1. The number of rotatable bonds is 3. The molecule has 88 valence electrons. The first-order valence-electron chi connectivity index (χ1n) is 5.36. The molecule has 0 fully saturated rings. The van der Waals surface area contributed by atoms with Crippen molar-refractivity contribution in [2.45, 2.75) is 33.2 Å². The van der Waals surface area contributed by atoms with Crippen LogP contribution in [0, 0.1) is 6.92 Å². The molecule has 2 nitrogen and oxygen atoms in total. The van der Waals surface area contributed by atoms with Gasteiger partial charge in [0.15, 0.2) is 5.11 Å². The summed E-state index contributed by atoms with van der Waals surface area (Å²) in [5.74, 6) is 0. The Morgan fingerprint density at radius 1 is 1.50 bits per heavy atom. The summed E-state index contributed by atoms with van der Waals surface area (Å²) in [4.78, 5) is 0. The lowest BCUT2D eigenvalue weighted by molar-refractivity contribution is 0.646. The summed E-state index contributed by atoms with van der Waals surface area (Å²) in [6.45, 7) is 6.30. The van der Waals surface area contributed by atoms with Gasteiger partial charge in [-0.2, -0.15) is 0 Å². The van der Waals surface area contributed by atoms with Crippen molar-refractivity contribution in [2.24, 2.45) is 0 Å². The molecule has 16 heavy (non-hydrogen) atoms. The monoisotopic (exact) mass is 300 g/mol. The van der Waals surface area contributed by atoms with Gasteiger partial charge in [0.25, 0.3) is 0 Å². The van der Waals surface area contributed by atoms with Gasteiger partial charge < -0.3 is 10.6 Å². The van der Waals surface area contributed by atoms with Crippen LogP contribution in [0.15, 0.2) is 22.7 Å². The first-order chi connectivity index (χ1) is 7.52. The highest BCUT2D eigenvalue weighted by atomic mass is 79.9. The number of nitrogens with one attached hydrogen (secondary N) is 2. The summed E-state index contributed by atoms with van der Waals surface area (Å²) in [6, 6.07) is 6.48. The molecular weight excluding hydrogens is 284 g/mol. The van der Waals surface area contributed by atoms with E-state index in [9.17, 15) is 0 Å². The molecule has 0 heterocycles. The Bertz CT molecular complexity index is 379. The van der Waals surface area contributed by atoms with Gasteiger partial charge in [0.05, 0.1) is 0 Å². The zero-order chi connectivity index (χ0) is 12.1. The molecule has 0 saturated carbocycles. The van der Waals surface area contributed by atoms with E-state index in [1.54, 1.807) is 0 Å². The van der Waals surface area contributed by atoms with E-state index in [4.69, 9.17) is 12.2 Å². The number of benzene rings is 1. The van der Waals surface area contributed by atoms with Crippen LogP contribution in [0.25, 0.3) is 0 Å². The van der Waals surface area contributed by atoms with Gasteiger partial charge >= 0.3 is 0 Å². The number of halogens is 1. The Balaban J connectivity index is 2.59. The van der Waals surface area contributed by atoms with Crippen LogP contribution < -0.4 is 10.6 Å². The Morgan fingerprint density at radius 2 is 2.19 bits per heavy atom. The van der Waals surface area contributed by atoms with Crippen molar-refractivity contribution in [3.05, 3.63) is 28.2 Å². The maximum absolute atomic E-state index is 5.22. The fourth-order valence-corrected chi connectivity index (χ4v) is 1.78. The Morgan fingerprint density at radius 3 is 2.75 bits per heavy atom. The molecular formula is C12H17BrN2S. The molecule has 0 aliphatic rings. The molecule has 0 unspecified atom stereocenters. The predicted octanol–water partition coefficient (Wildman–Crippen LogP) is 3.84. The first kappa shape index (κ1) is 13.5. The third-order valence-electron chi connectivity index (χ3n) is 2.41. The Kier molecular flexibility index (Phi) is 5.22. The molecule has 1 atom stereocenters. The van der Waals surface area contributed by atoms with Gasteiger partial charge in [0, 0.05) is 16.2 Å². The van der Waals surface area contributed by atoms with Crippen molar-refractivity contribution in [1.82, 2.24) is 5.32 Å². The van der Waals surface area contributed by atoms with E-state index in [0.29, 0.717) is 11.2 Å². The molecule has 4 heteroatoms. The van der Waals surface area contributed by atoms with Crippen LogP contribution in [0.2, 0.25) is 0 Å². The van der Waals surface area contributed by atoms with Crippen LogP contribution in [0.1, 0.15) is 25.8 Å². The SMILES string of the molecule is CC[C@@H](C)NC(=S)Nc1ccc(Br)c(C)c1. The molecule has 1 aromatic rings. The maximum Gasteiger partial charge on any atom is 0.170 e. The smallest absolute Gasteiger partial charge is 0.170 e. The summed E-state index contributed by atoms with van der Waals surface area (Å²) in [6.07, 6.45) is 1.06. The summed E-state index contributed by atoms with van der Waals surface area (Å²) < 4.78 is 1.11. The van der Waals surface area contributed by atoms with Crippen LogP contribution in [-0.4, -0.2) is 11.2 Å². The van der Waals surface area contributed by atoms with E-state index in [1.807, 2.05) is 12.1 Å². The predicted molar refractivity (Wildman–Crippen MR) is 78.0 cm³/mol. The van der Waals surface area contributed by atoms with Crippen molar-refractivity contribution in [3.63, 3.8) is 0 Å². The average Bonchev–Trinajstić information content (AvgIpc) is 2.23. The Labute approximate surface area is 111 Å². The minimum Gasteiger partial charge on any atom is -0.360 e. The second kappa shape index (κ2) is 6.21. The first-order valence-corrected chi connectivity index (χ1v) is 6.56. The van der Waals surface area contributed by atoms with Crippen molar-refractivity contribution >= 4 is 38.9 Å². The van der Waals surface area contributed by atoms with Crippen molar-refractivity contribution in [2.75, 3.05) is 5.32 Å². The number of thiocarbonyl (C=S) groups is 1. The molecule has 2 N–H and O–H groups in total. The number of hydrogen-bond acceptors (Lipinski definition) is 1. The normalized spacial score (nSPS) is 12.0. The van der Waals surface area contributed by atoms with Crippen LogP contribution in [-0.2, 0) is 0 Å². The highest BCUT2D eigenvalue weighted by molar-refractivity contribution is 9.10. The quantitative estimate of drug-likeness (QED) is 0.829. The summed E-state index contributed by atoms with van der Waals surface area (Å²) in [5, 5.41) is 7.07. The molecule has 0 aromatic heterocycles. The summed E-state index contributed by atoms with van der Waals surface area (Å²) >= 11 is 8.69. The molecule has 1 aromatic carbocycles. The van der Waals surface area contributed by atoms with Crippen molar-refractivity contribution in [3.8, 4) is 0 Å². The lowest BCUT2D eigenvalue weighted by Gasteiger charge is -2.15. The van der Waals surface area contributed by atoms with Gasteiger partial charge in [-0.1, -0.05) is 22.9 Å². The fourth-order valence-electron chi connectivity index (χ4n) is 1.22. The third kappa shape index (κ3) is 4.10. The number of hydrogen-bond donors (Lipinski definition) is 2. The molecule has 0 aliphatic carbocycles. The van der Waals surface area contributed by atoms with E-state index in [-0.39, 0.29) is 0 Å². The topological polar surface area (TPSA) is 24.1 Å². The average molecular weight is 301 g/mol. The van der Waals surface area contributed by atoms with Crippen LogP contribution in [0.3, 0.4) is 0 Å². The molecule has 1 rings (SSSR count). The highest BCUT2D eigenvalue weighted by Crippen LogP contribution is 2.19. The van der Waals surface area contributed by atoms with Gasteiger partial charge in [-0.3, -0.25) is 0 Å². The van der Waals surface area contributed by atoms with Gasteiger partial charge in [-0.05, 0) is 56.2 Å². The second-order valence-corrected chi connectivity index (χ2v) is 5.13. The van der Waals surface area contributed by atoms with E-state index in [0.717, 1.165) is 16.6 Å². The summed E-state index contributed by atoms with van der Waals surface area (Å²) in [7, 11) is 0. The lowest BCUT2D eigenvalue weighted by Crippen LogP contribution is -2.35. The van der Waals surface area contributed by atoms with Crippen molar-refractivity contribution < 1.29 is 0 Å². The minimum atomic E-state index is 0.400. The van der Waals surface area contributed by atoms with Gasteiger partial charge in [0.2, 0.25) is 0 Å². The molecule has 0 saturated heterocycles. The van der Waals surface area contributed by atoms with Crippen LogP contribution in [0.5, 0.6) is 0 Å². The van der Waals surface area contributed by atoms with E-state index >= 15 is 0 Å². The van der Waals surface area contributed by atoms with Crippen LogP contribution >= 0.6 is 28.1 Å². The standard InChI is InChI=1S/C12H17BrN2S/c1-4-9(3)14-12(16)15-10-5-6-11(13)8(2)7-10/h5-7,9H,4H2,1-3H3,(H2,14,15,16)/t9-/m1/s1. The largest absolute Gasteiger partial charge is 0.360 e. The third-order valence-corrected chi connectivity index (χ3v) is 3.52.